The van der Waals surface area contributed by atoms with Crippen LogP contribution in [0.15, 0.2) is 18.2 Å². The molecule has 0 amide bonds. The van der Waals surface area contributed by atoms with E-state index in [1.165, 1.54) is 7.11 Å². The molecule has 0 radical (unpaired) electrons. The third-order valence-corrected chi connectivity index (χ3v) is 2.17. The summed E-state index contributed by atoms with van der Waals surface area (Å²) in [6, 6.07) is 7.20. The Hall–Kier alpha value is -1.69. The maximum atomic E-state index is 9.35. The van der Waals surface area contributed by atoms with Crippen molar-refractivity contribution in [1.82, 2.24) is 0 Å². The molecular weight excluding hydrogens is 178 g/mol. The van der Waals surface area contributed by atoms with Crippen molar-refractivity contribution in [3.63, 3.8) is 0 Å². The Labute approximate surface area is 83.6 Å². The van der Waals surface area contributed by atoms with Crippen molar-refractivity contribution in [2.45, 2.75) is 19.3 Å². The quantitative estimate of drug-likeness (QED) is 0.798. The van der Waals surface area contributed by atoms with E-state index >= 15 is 0 Å². The summed E-state index contributed by atoms with van der Waals surface area (Å²) < 4.78 is 4.97. The maximum Gasteiger partial charge on any atom is 0.160 e. The number of nitrogens with zero attached hydrogens (tertiary/aromatic N) is 1. The van der Waals surface area contributed by atoms with Crippen molar-refractivity contribution in [2.24, 2.45) is 0 Å². The fraction of sp³-hybridized carbons (Fsp3) is 0.364. The molecule has 1 N–H and O–H groups in total. The van der Waals surface area contributed by atoms with E-state index in [2.05, 4.69) is 6.07 Å². The maximum absolute atomic E-state index is 9.35. The van der Waals surface area contributed by atoms with Crippen LogP contribution in [-0.4, -0.2) is 12.2 Å². The van der Waals surface area contributed by atoms with Crippen molar-refractivity contribution in [3.8, 4) is 17.6 Å². The van der Waals surface area contributed by atoms with Crippen molar-refractivity contribution < 1.29 is 9.84 Å². The van der Waals surface area contributed by atoms with E-state index in [-0.39, 0.29) is 11.7 Å². The Balaban J connectivity index is 3.06. The molecule has 0 aliphatic heterocycles. The van der Waals surface area contributed by atoms with Crippen molar-refractivity contribution in [3.05, 3.63) is 23.8 Å². The van der Waals surface area contributed by atoms with Crippen LogP contribution in [0.3, 0.4) is 0 Å². The predicted octanol–water partition coefficient (Wildman–Crippen LogP) is 2.42. The van der Waals surface area contributed by atoms with Gasteiger partial charge in [0, 0.05) is 0 Å². The Bertz CT molecular complexity index is 355. The first-order valence-corrected chi connectivity index (χ1v) is 4.49. The van der Waals surface area contributed by atoms with E-state index in [1.807, 2.05) is 6.92 Å². The molecule has 0 aliphatic rings. The van der Waals surface area contributed by atoms with Gasteiger partial charge in [-0.05, 0) is 24.1 Å². The molecule has 1 atom stereocenters. The Kier molecular flexibility index (Phi) is 3.35. The second kappa shape index (κ2) is 4.52. The van der Waals surface area contributed by atoms with Gasteiger partial charge in [-0.15, -0.1) is 0 Å². The molecule has 0 heterocycles. The lowest BCUT2D eigenvalue weighted by molar-refractivity contribution is 0.373. The highest BCUT2D eigenvalue weighted by Gasteiger charge is 2.10. The van der Waals surface area contributed by atoms with Crippen molar-refractivity contribution >= 4 is 0 Å². The summed E-state index contributed by atoms with van der Waals surface area (Å²) in [5.74, 6) is 0.379. The number of hydrogen-bond acceptors (Lipinski definition) is 3. The number of hydrogen-bond donors (Lipinski definition) is 1. The van der Waals surface area contributed by atoms with Gasteiger partial charge >= 0.3 is 0 Å². The number of methoxy groups -OCH3 is 1. The highest BCUT2D eigenvalue weighted by atomic mass is 16.5. The monoisotopic (exact) mass is 191 g/mol. The fourth-order valence-electron chi connectivity index (χ4n) is 1.31. The lowest BCUT2D eigenvalue weighted by Crippen LogP contribution is -1.94. The molecule has 0 saturated carbocycles. The number of nitriles is 1. The van der Waals surface area contributed by atoms with Gasteiger partial charge in [0.25, 0.3) is 0 Å². The summed E-state index contributed by atoms with van der Waals surface area (Å²) in [4.78, 5) is 0. The van der Waals surface area contributed by atoms with E-state index in [0.29, 0.717) is 5.75 Å². The predicted molar refractivity (Wildman–Crippen MR) is 53.3 cm³/mol. The Morgan fingerprint density at radius 1 is 1.57 bits per heavy atom. The van der Waals surface area contributed by atoms with Crippen molar-refractivity contribution in [1.29, 1.82) is 5.26 Å². The molecule has 1 unspecified atom stereocenters. The second-order valence-corrected chi connectivity index (χ2v) is 3.02. The molecule has 0 bridgehead atoms. The van der Waals surface area contributed by atoms with Gasteiger partial charge in [-0.3, -0.25) is 0 Å². The topological polar surface area (TPSA) is 53.2 Å². The number of phenols is 1. The van der Waals surface area contributed by atoms with Crippen LogP contribution in [0.4, 0.5) is 0 Å². The van der Waals surface area contributed by atoms with Crippen LogP contribution in [0.25, 0.3) is 0 Å². The molecule has 3 nitrogen and oxygen atoms in total. The van der Waals surface area contributed by atoms with Gasteiger partial charge in [0.05, 0.1) is 19.1 Å². The summed E-state index contributed by atoms with van der Waals surface area (Å²) in [6.07, 6.45) is 0.754. The van der Waals surface area contributed by atoms with E-state index < -0.39 is 0 Å². The van der Waals surface area contributed by atoms with Gasteiger partial charge in [0.1, 0.15) is 0 Å². The largest absolute Gasteiger partial charge is 0.504 e. The van der Waals surface area contributed by atoms with Crippen LogP contribution < -0.4 is 4.74 Å². The smallest absolute Gasteiger partial charge is 0.160 e. The lowest BCUT2D eigenvalue weighted by Gasteiger charge is -2.09. The van der Waals surface area contributed by atoms with Crippen LogP contribution in [0.1, 0.15) is 24.8 Å². The van der Waals surface area contributed by atoms with Crippen LogP contribution in [0.2, 0.25) is 0 Å². The highest BCUT2D eigenvalue weighted by Crippen LogP contribution is 2.30. The number of phenolic OH excluding ortho intramolecular Hbond substituents is 1. The zero-order chi connectivity index (χ0) is 10.6. The molecule has 1 aromatic rings. The summed E-state index contributed by atoms with van der Waals surface area (Å²) in [5.41, 5.74) is 0.879. The SMILES string of the molecule is CCC(C#N)c1ccc(O)c(OC)c1. The summed E-state index contributed by atoms with van der Waals surface area (Å²) >= 11 is 0. The van der Waals surface area contributed by atoms with Crippen LogP contribution in [0, 0.1) is 11.3 Å². The minimum absolute atomic E-state index is 0.101. The average Bonchev–Trinajstić information content (AvgIpc) is 2.22. The molecule has 0 fully saturated rings. The van der Waals surface area contributed by atoms with Crippen LogP contribution in [-0.2, 0) is 0 Å². The van der Waals surface area contributed by atoms with Crippen LogP contribution >= 0.6 is 0 Å². The van der Waals surface area contributed by atoms with E-state index in [0.717, 1.165) is 12.0 Å². The third kappa shape index (κ3) is 1.97. The minimum Gasteiger partial charge on any atom is -0.504 e. The minimum atomic E-state index is -0.135. The first-order chi connectivity index (χ1) is 6.72. The molecule has 0 spiro atoms. The molecule has 0 saturated heterocycles. The second-order valence-electron chi connectivity index (χ2n) is 3.02. The van der Waals surface area contributed by atoms with Crippen molar-refractivity contribution in [2.75, 3.05) is 7.11 Å². The fourth-order valence-corrected chi connectivity index (χ4v) is 1.31. The Morgan fingerprint density at radius 2 is 2.29 bits per heavy atom. The Morgan fingerprint density at radius 3 is 2.79 bits per heavy atom. The zero-order valence-corrected chi connectivity index (χ0v) is 8.32. The molecule has 1 aromatic carbocycles. The molecule has 0 aliphatic carbocycles. The highest BCUT2D eigenvalue weighted by molar-refractivity contribution is 5.43. The molecule has 14 heavy (non-hydrogen) atoms. The number of aromatic hydroxyl groups is 1. The van der Waals surface area contributed by atoms with Gasteiger partial charge in [-0.1, -0.05) is 13.0 Å². The number of rotatable bonds is 3. The van der Waals surface area contributed by atoms with Gasteiger partial charge < -0.3 is 9.84 Å². The van der Waals surface area contributed by atoms with E-state index in [9.17, 15) is 5.11 Å². The number of ether oxygens (including phenoxy) is 1. The number of benzene rings is 1. The van der Waals surface area contributed by atoms with Gasteiger partial charge in [-0.25, -0.2) is 0 Å². The lowest BCUT2D eigenvalue weighted by atomic mass is 9.98. The molecule has 74 valence electrons. The van der Waals surface area contributed by atoms with Gasteiger partial charge in [-0.2, -0.15) is 5.26 Å². The first-order valence-electron chi connectivity index (χ1n) is 4.49. The molecule has 3 heteroatoms. The van der Waals surface area contributed by atoms with Gasteiger partial charge in [0.15, 0.2) is 11.5 Å². The normalized spacial score (nSPS) is 11.8. The molecule has 0 aromatic heterocycles. The summed E-state index contributed by atoms with van der Waals surface area (Å²) in [6.45, 7) is 1.95. The summed E-state index contributed by atoms with van der Waals surface area (Å²) in [7, 11) is 1.49. The van der Waals surface area contributed by atoms with E-state index in [1.54, 1.807) is 18.2 Å². The zero-order valence-electron chi connectivity index (χ0n) is 8.32. The summed E-state index contributed by atoms with van der Waals surface area (Å²) in [5, 5.41) is 18.2. The first kappa shape index (κ1) is 10.4. The van der Waals surface area contributed by atoms with Gasteiger partial charge in [0.2, 0.25) is 0 Å². The standard InChI is InChI=1S/C11H13NO2/c1-3-8(7-12)9-4-5-10(13)11(6-9)14-2/h4-6,8,13H,3H2,1-2H3. The molecular formula is C11H13NO2. The van der Waals surface area contributed by atoms with E-state index in [4.69, 9.17) is 10.00 Å². The molecule has 1 rings (SSSR count). The average molecular weight is 191 g/mol. The van der Waals surface area contributed by atoms with Crippen LogP contribution in [0.5, 0.6) is 11.5 Å². The third-order valence-electron chi connectivity index (χ3n) is 2.17.